The minimum Gasteiger partial charge on any atom is -0.444 e. The van der Waals surface area contributed by atoms with Crippen molar-refractivity contribution in [3.63, 3.8) is 0 Å². The molecular weight excluding hydrogens is 278 g/mol. The molecule has 5 heteroatoms. The van der Waals surface area contributed by atoms with Crippen LogP contribution in [0.25, 0.3) is 10.9 Å². The first-order chi connectivity index (χ1) is 10.3. The SMILES string of the molecule is Cc1cccc2nn(CC3CN(C(=O)OC(C)(C)C)C3)cc12. The summed E-state index contributed by atoms with van der Waals surface area (Å²) in [6.45, 7) is 10.1. The van der Waals surface area contributed by atoms with Crippen molar-refractivity contribution in [1.29, 1.82) is 0 Å². The topological polar surface area (TPSA) is 47.4 Å². The van der Waals surface area contributed by atoms with Crippen LogP contribution in [0.3, 0.4) is 0 Å². The van der Waals surface area contributed by atoms with Crippen molar-refractivity contribution in [2.24, 2.45) is 5.92 Å². The zero-order chi connectivity index (χ0) is 15.9. The highest BCUT2D eigenvalue weighted by Gasteiger charge is 2.33. The number of rotatable bonds is 2. The van der Waals surface area contributed by atoms with E-state index in [0.29, 0.717) is 5.92 Å². The van der Waals surface area contributed by atoms with Crippen LogP contribution in [0.2, 0.25) is 0 Å². The molecule has 1 saturated heterocycles. The zero-order valence-corrected chi connectivity index (χ0v) is 13.7. The Morgan fingerprint density at radius 3 is 2.73 bits per heavy atom. The van der Waals surface area contributed by atoms with Gasteiger partial charge in [-0.3, -0.25) is 4.68 Å². The number of benzene rings is 1. The second-order valence-corrected chi connectivity index (χ2v) is 7.11. The fourth-order valence-corrected chi connectivity index (χ4v) is 2.76. The van der Waals surface area contributed by atoms with Crippen molar-refractivity contribution in [3.05, 3.63) is 30.0 Å². The molecule has 0 N–H and O–H groups in total. The summed E-state index contributed by atoms with van der Waals surface area (Å²) in [7, 11) is 0. The number of hydrogen-bond donors (Lipinski definition) is 0. The highest BCUT2D eigenvalue weighted by Crippen LogP contribution is 2.22. The third-order valence-corrected chi connectivity index (χ3v) is 3.87. The molecule has 0 bridgehead atoms. The van der Waals surface area contributed by atoms with Crippen LogP contribution in [0.15, 0.2) is 24.4 Å². The number of hydrogen-bond acceptors (Lipinski definition) is 3. The zero-order valence-electron chi connectivity index (χ0n) is 13.7. The highest BCUT2D eigenvalue weighted by atomic mass is 16.6. The van der Waals surface area contributed by atoms with E-state index < -0.39 is 5.60 Å². The van der Waals surface area contributed by atoms with Crippen LogP contribution < -0.4 is 0 Å². The summed E-state index contributed by atoms with van der Waals surface area (Å²) < 4.78 is 7.36. The van der Waals surface area contributed by atoms with Gasteiger partial charge < -0.3 is 9.64 Å². The highest BCUT2D eigenvalue weighted by molar-refractivity contribution is 5.81. The fourth-order valence-electron chi connectivity index (χ4n) is 2.76. The second kappa shape index (κ2) is 5.30. The van der Waals surface area contributed by atoms with Gasteiger partial charge in [0, 0.05) is 37.1 Å². The lowest BCUT2D eigenvalue weighted by atomic mass is 10.0. The van der Waals surface area contributed by atoms with Gasteiger partial charge in [0.15, 0.2) is 0 Å². The smallest absolute Gasteiger partial charge is 0.410 e. The third kappa shape index (κ3) is 3.08. The molecule has 1 fully saturated rings. The van der Waals surface area contributed by atoms with Crippen molar-refractivity contribution >= 4 is 17.0 Å². The minimum absolute atomic E-state index is 0.217. The van der Waals surface area contributed by atoms with Gasteiger partial charge in [-0.15, -0.1) is 0 Å². The predicted molar refractivity (Wildman–Crippen MR) is 85.8 cm³/mol. The van der Waals surface area contributed by atoms with Gasteiger partial charge in [0.25, 0.3) is 0 Å². The number of carbonyl (C=O) groups is 1. The van der Waals surface area contributed by atoms with E-state index in [0.717, 1.165) is 25.2 Å². The molecule has 118 valence electrons. The molecule has 3 rings (SSSR count). The molecule has 0 saturated carbocycles. The molecule has 2 heterocycles. The number of fused-ring (bicyclic) bond motifs is 1. The van der Waals surface area contributed by atoms with Crippen LogP contribution in [0.4, 0.5) is 4.79 Å². The maximum absolute atomic E-state index is 11.9. The molecule has 0 atom stereocenters. The van der Waals surface area contributed by atoms with Crippen LogP contribution in [0.1, 0.15) is 26.3 Å². The Bertz CT molecular complexity index is 693. The first-order valence-corrected chi connectivity index (χ1v) is 7.72. The number of likely N-dealkylation sites (tertiary alicyclic amines) is 1. The summed E-state index contributed by atoms with van der Waals surface area (Å²) in [4.78, 5) is 13.7. The molecule has 1 amide bonds. The molecule has 0 aliphatic carbocycles. The normalized spacial score (nSPS) is 15.9. The van der Waals surface area contributed by atoms with E-state index in [-0.39, 0.29) is 6.09 Å². The monoisotopic (exact) mass is 301 g/mol. The lowest BCUT2D eigenvalue weighted by Crippen LogP contribution is -2.52. The Morgan fingerprint density at radius 2 is 2.09 bits per heavy atom. The molecule has 0 spiro atoms. The summed E-state index contributed by atoms with van der Waals surface area (Å²) in [6.07, 6.45) is 1.88. The molecule has 5 nitrogen and oxygen atoms in total. The molecule has 1 aliphatic rings. The van der Waals surface area contributed by atoms with Crippen molar-refractivity contribution in [2.75, 3.05) is 13.1 Å². The average Bonchev–Trinajstić information content (AvgIpc) is 2.75. The standard InChI is InChI=1S/C17H23N3O2/c1-12-6-5-7-15-14(12)11-20(18-15)10-13-8-19(9-13)16(21)22-17(2,3)4/h5-7,11,13H,8-10H2,1-4H3. The van der Waals surface area contributed by atoms with Gasteiger partial charge in [-0.1, -0.05) is 12.1 Å². The fraction of sp³-hybridized carbons (Fsp3) is 0.529. The van der Waals surface area contributed by atoms with E-state index in [2.05, 4.69) is 24.3 Å². The number of aromatic nitrogens is 2. The van der Waals surface area contributed by atoms with Gasteiger partial charge in [0.1, 0.15) is 5.60 Å². The van der Waals surface area contributed by atoms with Gasteiger partial charge in [-0.2, -0.15) is 5.10 Å². The van der Waals surface area contributed by atoms with Crippen LogP contribution >= 0.6 is 0 Å². The summed E-state index contributed by atoms with van der Waals surface area (Å²) in [5, 5.41) is 5.81. The van der Waals surface area contributed by atoms with Crippen molar-refractivity contribution < 1.29 is 9.53 Å². The maximum atomic E-state index is 11.9. The van der Waals surface area contributed by atoms with E-state index in [4.69, 9.17) is 4.74 Å². The maximum Gasteiger partial charge on any atom is 0.410 e. The van der Waals surface area contributed by atoms with Crippen molar-refractivity contribution in [3.8, 4) is 0 Å². The first kappa shape index (κ1) is 14.9. The molecule has 1 aromatic heterocycles. The minimum atomic E-state index is -0.431. The molecule has 0 radical (unpaired) electrons. The van der Waals surface area contributed by atoms with Crippen molar-refractivity contribution in [2.45, 2.75) is 39.8 Å². The van der Waals surface area contributed by atoms with E-state index in [1.165, 1.54) is 10.9 Å². The van der Waals surface area contributed by atoms with Gasteiger partial charge >= 0.3 is 6.09 Å². The number of aryl methyl sites for hydroxylation is 1. The van der Waals surface area contributed by atoms with Gasteiger partial charge in [0.05, 0.1) is 5.52 Å². The molecule has 1 aromatic carbocycles. The average molecular weight is 301 g/mol. The number of amides is 1. The van der Waals surface area contributed by atoms with Gasteiger partial charge in [-0.25, -0.2) is 4.79 Å². The molecular formula is C17H23N3O2. The predicted octanol–water partition coefficient (Wildman–Crippen LogP) is 3.21. The Balaban J connectivity index is 1.57. The summed E-state index contributed by atoms with van der Waals surface area (Å²) in [5.74, 6) is 0.446. The Kier molecular flexibility index (Phi) is 3.59. The van der Waals surface area contributed by atoms with E-state index in [1.54, 1.807) is 4.90 Å². The molecule has 22 heavy (non-hydrogen) atoms. The number of carbonyl (C=O) groups excluding carboxylic acids is 1. The lowest BCUT2D eigenvalue weighted by molar-refractivity contribution is -0.00381. The second-order valence-electron chi connectivity index (χ2n) is 7.11. The number of ether oxygens (including phenoxy) is 1. The Labute approximate surface area is 130 Å². The van der Waals surface area contributed by atoms with E-state index >= 15 is 0 Å². The Morgan fingerprint density at radius 1 is 1.36 bits per heavy atom. The third-order valence-electron chi connectivity index (χ3n) is 3.87. The Hall–Kier alpha value is -2.04. The van der Waals surface area contributed by atoms with Gasteiger partial charge in [0.2, 0.25) is 0 Å². The van der Waals surface area contributed by atoms with E-state index in [1.807, 2.05) is 37.6 Å². The summed E-state index contributed by atoms with van der Waals surface area (Å²) >= 11 is 0. The van der Waals surface area contributed by atoms with E-state index in [9.17, 15) is 4.79 Å². The molecule has 2 aromatic rings. The van der Waals surface area contributed by atoms with Crippen LogP contribution in [0, 0.1) is 12.8 Å². The summed E-state index contributed by atoms with van der Waals surface area (Å²) in [6, 6.07) is 6.16. The van der Waals surface area contributed by atoms with Gasteiger partial charge in [-0.05, 0) is 39.3 Å². The quantitative estimate of drug-likeness (QED) is 0.855. The van der Waals surface area contributed by atoms with Crippen LogP contribution in [-0.4, -0.2) is 39.5 Å². The molecule has 1 aliphatic heterocycles. The largest absolute Gasteiger partial charge is 0.444 e. The summed E-state index contributed by atoms with van der Waals surface area (Å²) in [5.41, 5.74) is 1.84. The molecule has 0 unspecified atom stereocenters. The van der Waals surface area contributed by atoms with Crippen LogP contribution in [0.5, 0.6) is 0 Å². The first-order valence-electron chi connectivity index (χ1n) is 7.72. The lowest BCUT2D eigenvalue weighted by Gasteiger charge is -2.39. The van der Waals surface area contributed by atoms with Crippen molar-refractivity contribution in [1.82, 2.24) is 14.7 Å². The van der Waals surface area contributed by atoms with Crippen LogP contribution in [-0.2, 0) is 11.3 Å². The number of nitrogens with zero attached hydrogens (tertiary/aromatic N) is 3.